The van der Waals surface area contributed by atoms with Crippen molar-refractivity contribution in [1.82, 2.24) is 0 Å². The summed E-state index contributed by atoms with van der Waals surface area (Å²) in [5.41, 5.74) is 13.5. The van der Waals surface area contributed by atoms with Gasteiger partial charge in [-0.3, -0.25) is 0 Å². The largest absolute Gasteiger partial charge is 4.00 e. The van der Waals surface area contributed by atoms with E-state index in [-0.39, 0.29) is 51.0 Å². The first-order chi connectivity index (χ1) is 18.7. The van der Waals surface area contributed by atoms with Crippen molar-refractivity contribution in [1.29, 1.82) is 0 Å². The molecule has 0 aromatic heterocycles. The normalized spacial score (nSPS) is 20.8. The van der Waals surface area contributed by atoms with Crippen LogP contribution in [0.25, 0.3) is 22.3 Å². The van der Waals surface area contributed by atoms with Crippen LogP contribution in [0.2, 0.25) is 36.3 Å². The van der Waals surface area contributed by atoms with E-state index in [1.54, 1.807) is 11.1 Å². The fraction of sp³-hybridized carbons (Fsp3) is 0.333. The summed E-state index contributed by atoms with van der Waals surface area (Å²) in [7, 11) is -2.23. The van der Waals surface area contributed by atoms with Gasteiger partial charge in [0.25, 0.3) is 0 Å². The van der Waals surface area contributed by atoms with Gasteiger partial charge in [-0.1, -0.05) is 123 Å². The molecular formula is C36H38Cl2Si2Zr. The molecule has 2 heterocycles. The molecule has 0 bridgehead atoms. The molecule has 0 nitrogen and oxygen atoms in total. The van der Waals surface area contributed by atoms with Crippen LogP contribution in [0.4, 0.5) is 0 Å². The van der Waals surface area contributed by atoms with Gasteiger partial charge in [-0.15, -0.1) is 22.3 Å². The van der Waals surface area contributed by atoms with E-state index in [1.807, 2.05) is 0 Å². The third kappa shape index (κ3) is 5.16. The standard InChI is InChI=1S/2C18H19Si.2ClH.Zr/c2*1-2-19(12-7-13-19)18-16-10-5-3-8-14(16)15-9-4-6-11-17(15)18;;;/h2*3-6,8-10,18H,2,7,12-13H2,1H3;2*1H;/q2*-1;;;+4/p-2. The smallest absolute Gasteiger partial charge is 1.00 e. The van der Waals surface area contributed by atoms with Gasteiger partial charge < -0.3 is 24.8 Å². The van der Waals surface area contributed by atoms with E-state index in [9.17, 15) is 0 Å². The number of halogens is 2. The van der Waals surface area contributed by atoms with Gasteiger partial charge in [0, 0.05) is 0 Å². The van der Waals surface area contributed by atoms with Crippen molar-refractivity contribution < 1.29 is 51.0 Å². The van der Waals surface area contributed by atoms with Crippen LogP contribution in [-0.4, -0.2) is 16.1 Å². The van der Waals surface area contributed by atoms with Crippen molar-refractivity contribution in [3.8, 4) is 22.3 Å². The monoisotopic (exact) mass is 686 g/mol. The average Bonchev–Trinajstić information content (AvgIpc) is 3.44. The van der Waals surface area contributed by atoms with Gasteiger partial charge >= 0.3 is 26.2 Å². The molecule has 0 saturated carbocycles. The first-order valence-corrected chi connectivity index (χ1v) is 20.3. The van der Waals surface area contributed by atoms with E-state index in [0.717, 1.165) is 11.1 Å². The minimum absolute atomic E-state index is 0. The Kier molecular flexibility index (Phi) is 10.5. The molecular weight excluding hydrogens is 651 g/mol. The van der Waals surface area contributed by atoms with Crippen molar-refractivity contribution in [2.45, 2.75) is 74.0 Å². The van der Waals surface area contributed by atoms with Gasteiger partial charge in [0.05, 0.1) is 16.1 Å². The predicted molar refractivity (Wildman–Crippen MR) is 166 cm³/mol. The van der Waals surface area contributed by atoms with Crippen molar-refractivity contribution in [3.05, 3.63) is 119 Å². The maximum atomic E-state index is 3.59. The molecule has 5 heteroatoms. The van der Waals surface area contributed by atoms with Crippen molar-refractivity contribution in [2.24, 2.45) is 0 Å². The second-order valence-electron chi connectivity index (χ2n) is 12.2. The maximum Gasteiger partial charge on any atom is 4.00 e. The summed E-state index contributed by atoms with van der Waals surface area (Å²) in [5, 5.41) is 0. The summed E-state index contributed by atoms with van der Waals surface area (Å²) in [5.74, 6) is 0. The van der Waals surface area contributed by atoms with Gasteiger partial charge in [-0.25, -0.2) is 0 Å². The van der Waals surface area contributed by atoms with Crippen LogP contribution in [0.5, 0.6) is 0 Å². The summed E-state index contributed by atoms with van der Waals surface area (Å²) < 4.78 is 0. The van der Waals surface area contributed by atoms with Crippen LogP contribution in [0, 0.1) is 12.1 Å². The van der Waals surface area contributed by atoms with E-state index in [4.69, 9.17) is 0 Å². The first kappa shape index (κ1) is 32.7. The van der Waals surface area contributed by atoms with Gasteiger partial charge in [0.2, 0.25) is 0 Å². The van der Waals surface area contributed by atoms with Crippen LogP contribution in [0.15, 0.2) is 84.9 Å². The molecule has 2 unspecified atom stereocenters. The summed E-state index contributed by atoms with van der Waals surface area (Å²) >= 11 is 0. The van der Waals surface area contributed by atoms with Gasteiger partial charge in [-0.2, -0.15) is 48.5 Å². The summed E-state index contributed by atoms with van der Waals surface area (Å²) in [6.45, 7) is 4.85. The molecule has 208 valence electrons. The molecule has 41 heavy (non-hydrogen) atoms. The summed E-state index contributed by atoms with van der Waals surface area (Å²) in [4.78, 5) is 0. The number of hydrogen-bond donors (Lipinski definition) is 0. The van der Waals surface area contributed by atoms with Crippen molar-refractivity contribution in [3.63, 3.8) is 0 Å². The van der Waals surface area contributed by atoms with Crippen molar-refractivity contribution >= 4 is 16.1 Å². The van der Waals surface area contributed by atoms with Gasteiger partial charge in [0.1, 0.15) is 0 Å². The van der Waals surface area contributed by atoms with E-state index >= 15 is 0 Å². The zero-order valence-electron chi connectivity index (χ0n) is 24.2. The quantitative estimate of drug-likeness (QED) is 0.225. The first-order valence-electron chi connectivity index (χ1n) is 14.9. The molecule has 0 radical (unpaired) electrons. The Morgan fingerprint density at radius 2 is 0.927 bits per heavy atom. The minimum Gasteiger partial charge on any atom is -1.00 e. The molecule has 0 amide bonds. The van der Waals surface area contributed by atoms with Gasteiger partial charge in [0.15, 0.2) is 0 Å². The molecule has 2 aliphatic carbocycles. The molecule has 4 aromatic rings. The molecule has 4 aromatic carbocycles. The van der Waals surface area contributed by atoms with Crippen LogP contribution >= 0.6 is 0 Å². The van der Waals surface area contributed by atoms with Crippen LogP contribution in [-0.2, 0) is 26.2 Å². The Morgan fingerprint density at radius 1 is 0.561 bits per heavy atom. The molecule has 8 rings (SSSR count). The van der Waals surface area contributed by atoms with Crippen LogP contribution < -0.4 is 24.8 Å². The third-order valence-electron chi connectivity index (χ3n) is 10.8. The number of fused-ring (bicyclic) bond motifs is 6. The van der Waals surface area contributed by atoms with E-state index < -0.39 is 16.1 Å². The molecule has 2 atom stereocenters. The number of benzene rings is 4. The Morgan fingerprint density at radius 3 is 1.27 bits per heavy atom. The average molecular weight is 689 g/mol. The molecule has 2 fully saturated rings. The predicted octanol–water partition coefficient (Wildman–Crippen LogP) is 4.03. The number of hydrogen-bond acceptors (Lipinski definition) is 0. The fourth-order valence-electron chi connectivity index (χ4n) is 8.37. The maximum absolute atomic E-state index is 3.59. The molecule has 4 aliphatic rings. The zero-order valence-corrected chi connectivity index (χ0v) is 30.1. The zero-order chi connectivity index (χ0) is 25.7. The second kappa shape index (κ2) is 13.2. The second-order valence-corrected chi connectivity index (χ2v) is 22.2. The molecule has 2 saturated heterocycles. The Balaban J connectivity index is 0.000000176. The van der Waals surface area contributed by atoms with E-state index in [2.05, 4.69) is 111 Å². The minimum atomic E-state index is -1.12. The third-order valence-corrected chi connectivity index (χ3v) is 22.7. The number of rotatable bonds is 4. The Hall–Kier alpha value is -1.22. The van der Waals surface area contributed by atoms with Crippen LogP contribution in [0.1, 0.15) is 60.0 Å². The molecule has 0 N–H and O–H groups in total. The van der Waals surface area contributed by atoms with Crippen molar-refractivity contribution in [2.75, 3.05) is 0 Å². The van der Waals surface area contributed by atoms with E-state index in [0.29, 0.717) is 0 Å². The topological polar surface area (TPSA) is 0 Å². The van der Waals surface area contributed by atoms with E-state index in [1.165, 1.54) is 82.5 Å². The summed E-state index contributed by atoms with van der Waals surface area (Å²) in [6, 6.07) is 47.3. The Bertz CT molecular complexity index is 1280. The molecule has 2 aliphatic heterocycles. The molecule has 0 spiro atoms. The fourth-order valence-corrected chi connectivity index (χ4v) is 17.8. The van der Waals surface area contributed by atoms with Gasteiger partial charge in [-0.05, 0) is 22.2 Å². The summed E-state index contributed by atoms with van der Waals surface area (Å²) in [6.07, 6.45) is 2.92. The SMILES string of the molecule is CC[Si]1(C2c3[c-]cccc3-c3ccccc32)CCC1.CC[Si]1(C2c3[c-]cccc3-c3ccccc32)CCC1.[Cl-].[Cl-].[Zr+4]. The Labute approximate surface area is 280 Å². The van der Waals surface area contributed by atoms with Crippen LogP contribution in [0.3, 0.4) is 0 Å².